The molecule has 2 aromatic carbocycles. The number of fused-ring (bicyclic) bond motifs is 2. The molecule has 0 aliphatic carbocycles. The molecule has 0 saturated carbocycles. The maximum atomic E-state index is 13.1. The van der Waals surface area contributed by atoms with Crippen LogP contribution in [0.4, 0.5) is 14.5 Å². The molecule has 29 heavy (non-hydrogen) atoms. The van der Waals surface area contributed by atoms with Gasteiger partial charge in [-0.25, -0.2) is 9.48 Å². The fourth-order valence-electron chi connectivity index (χ4n) is 2.86. The summed E-state index contributed by atoms with van der Waals surface area (Å²) in [7, 11) is 0. The number of carbonyl (C=O) groups is 2. The van der Waals surface area contributed by atoms with E-state index in [1.54, 1.807) is 12.1 Å². The molecule has 2 heterocycles. The van der Waals surface area contributed by atoms with Crippen molar-refractivity contribution < 1.29 is 33.0 Å². The maximum Gasteiger partial charge on any atom is 0.586 e. The zero-order valence-corrected chi connectivity index (χ0v) is 14.4. The monoisotopic (exact) mass is 403 g/mol. The van der Waals surface area contributed by atoms with E-state index >= 15 is 0 Å². The average Bonchev–Trinajstić information content (AvgIpc) is 2.97. The lowest BCUT2D eigenvalue weighted by atomic mass is 10.1. The summed E-state index contributed by atoms with van der Waals surface area (Å²) in [4.78, 5) is 36.3. The fourth-order valence-corrected chi connectivity index (χ4v) is 2.86. The number of halogens is 2. The van der Waals surface area contributed by atoms with E-state index in [9.17, 15) is 28.3 Å². The highest BCUT2D eigenvalue weighted by Crippen LogP contribution is 2.42. The molecule has 0 unspecified atom stereocenters. The Morgan fingerprint density at radius 2 is 1.79 bits per heavy atom. The van der Waals surface area contributed by atoms with E-state index in [-0.39, 0.29) is 33.7 Å². The van der Waals surface area contributed by atoms with Gasteiger partial charge in [0.2, 0.25) is 5.91 Å². The topological polar surface area (TPSA) is 120 Å². The van der Waals surface area contributed by atoms with Gasteiger partial charge in [-0.15, -0.1) is 8.78 Å². The molecule has 2 N–H and O–H groups in total. The second-order valence-corrected chi connectivity index (χ2v) is 6.04. The lowest BCUT2D eigenvalue weighted by Gasteiger charge is -2.10. The predicted molar refractivity (Wildman–Crippen MR) is 94.2 cm³/mol. The number of nitrogens with zero attached hydrogens (tertiary/aromatic N) is 2. The van der Waals surface area contributed by atoms with Gasteiger partial charge in [0.05, 0.1) is 5.39 Å². The number of carbonyl (C=O) groups excluding carboxylic acids is 1. The van der Waals surface area contributed by atoms with Crippen LogP contribution in [0.1, 0.15) is 10.5 Å². The Hall–Kier alpha value is -4.02. The van der Waals surface area contributed by atoms with E-state index in [4.69, 9.17) is 0 Å². The molecule has 11 heteroatoms. The first-order valence-electron chi connectivity index (χ1n) is 8.16. The van der Waals surface area contributed by atoms with Gasteiger partial charge in [0.25, 0.3) is 5.56 Å². The molecule has 0 radical (unpaired) electrons. The van der Waals surface area contributed by atoms with Crippen LogP contribution in [0.15, 0.2) is 47.3 Å². The minimum Gasteiger partial charge on any atom is -0.476 e. The minimum absolute atomic E-state index is 0.0954. The number of alkyl halides is 2. The Morgan fingerprint density at radius 1 is 1.10 bits per heavy atom. The molecular formula is C18H11F2N3O6. The van der Waals surface area contributed by atoms with Crippen molar-refractivity contribution in [1.82, 2.24) is 9.78 Å². The summed E-state index contributed by atoms with van der Waals surface area (Å²) >= 11 is 0. The number of hydrogen-bond donors (Lipinski definition) is 2. The molecule has 1 aliphatic rings. The molecule has 0 fully saturated rings. The first-order valence-corrected chi connectivity index (χ1v) is 8.16. The number of hydrogen-bond acceptors (Lipinski definition) is 6. The molecule has 1 aliphatic heterocycles. The third kappa shape index (κ3) is 3.45. The van der Waals surface area contributed by atoms with Crippen molar-refractivity contribution in [3.8, 4) is 11.5 Å². The van der Waals surface area contributed by atoms with Crippen LogP contribution in [0.25, 0.3) is 10.8 Å². The van der Waals surface area contributed by atoms with Crippen molar-refractivity contribution in [3.05, 3.63) is 58.5 Å². The summed E-state index contributed by atoms with van der Waals surface area (Å²) in [5, 5.41) is 15.7. The van der Waals surface area contributed by atoms with Crippen LogP contribution in [0, 0.1) is 0 Å². The quantitative estimate of drug-likeness (QED) is 0.684. The third-order valence-corrected chi connectivity index (χ3v) is 4.05. The zero-order chi connectivity index (χ0) is 20.8. The summed E-state index contributed by atoms with van der Waals surface area (Å²) in [6.45, 7) is -0.589. The smallest absolute Gasteiger partial charge is 0.476 e. The van der Waals surface area contributed by atoms with Gasteiger partial charge in [0.1, 0.15) is 6.54 Å². The number of carboxylic acids is 1. The number of carboxylic acid groups (broad SMARTS) is 1. The molecular weight excluding hydrogens is 392 g/mol. The van der Waals surface area contributed by atoms with Crippen LogP contribution in [-0.4, -0.2) is 33.1 Å². The van der Waals surface area contributed by atoms with Gasteiger partial charge in [-0.3, -0.25) is 9.59 Å². The number of nitrogens with one attached hydrogen (secondary N) is 1. The van der Waals surface area contributed by atoms with Crippen molar-refractivity contribution in [2.45, 2.75) is 12.8 Å². The van der Waals surface area contributed by atoms with Gasteiger partial charge in [-0.05, 0) is 18.2 Å². The van der Waals surface area contributed by atoms with E-state index < -0.39 is 30.3 Å². The Bertz CT molecular complexity index is 1220. The van der Waals surface area contributed by atoms with E-state index in [1.165, 1.54) is 24.3 Å². The number of aromatic carboxylic acids is 1. The number of aromatic nitrogens is 2. The Morgan fingerprint density at radius 3 is 2.52 bits per heavy atom. The van der Waals surface area contributed by atoms with Crippen LogP contribution >= 0.6 is 0 Å². The largest absolute Gasteiger partial charge is 0.586 e. The van der Waals surface area contributed by atoms with E-state index in [0.717, 1.165) is 10.7 Å². The van der Waals surface area contributed by atoms with Gasteiger partial charge >= 0.3 is 12.3 Å². The summed E-state index contributed by atoms with van der Waals surface area (Å²) in [5.41, 5.74) is -0.910. The normalized spacial score (nSPS) is 14.0. The van der Waals surface area contributed by atoms with Crippen molar-refractivity contribution >= 4 is 28.3 Å². The highest BCUT2D eigenvalue weighted by Gasteiger charge is 2.43. The highest BCUT2D eigenvalue weighted by atomic mass is 19.3. The van der Waals surface area contributed by atoms with Gasteiger partial charge in [-0.1, -0.05) is 18.2 Å². The van der Waals surface area contributed by atoms with E-state index in [0.29, 0.717) is 0 Å². The molecule has 9 nitrogen and oxygen atoms in total. The van der Waals surface area contributed by atoms with Crippen LogP contribution < -0.4 is 20.3 Å². The molecule has 1 aromatic heterocycles. The summed E-state index contributed by atoms with van der Waals surface area (Å²) < 4.78 is 35.4. The van der Waals surface area contributed by atoms with E-state index in [2.05, 4.69) is 19.9 Å². The maximum absolute atomic E-state index is 13.1. The molecule has 1 amide bonds. The number of amides is 1. The summed E-state index contributed by atoms with van der Waals surface area (Å²) in [6.07, 6.45) is -3.79. The van der Waals surface area contributed by atoms with Gasteiger partial charge in [-0.2, -0.15) is 5.10 Å². The Labute approximate surface area is 160 Å². The average molecular weight is 403 g/mol. The Balaban J connectivity index is 1.60. The van der Waals surface area contributed by atoms with Gasteiger partial charge in [0.15, 0.2) is 17.2 Å². The SMILES string of the molecule is O=C(Cn1nc(C(=O)O)c2ccccc2c1=O)Nc1ccc2c(c1)OC(F)(F)O2. The summed E-state index contributed by atoms with van der Waals surface area (Å²) in [5.74, 6) is -2.53. The highest BCUT2D eigenvalue weighted by molar-refractivity contribution is 6.01. The lowest BCUT2D eigenvalue weighted by Crippen LogP contribution is -2.31. The number of benzene rings is 2. The molecule has 4 rings (SSSR count). The number of rotatable bonds is 4. The Kier molecular flexibility index (Phi) is 4.14. The standard InChI is InChI=1S/C18H11F2N3O6/c19-18(20)28-12-6-5-9(7-13(12)29-18)21-14(24)8-23-16(25)11-4-2-1-3-10(11)15(22-23)17(26)27/h1-7H,8H2,(H,21,24)(H,26,27). The van der Waals surface area contributed by atoms with Crippen LogP contribution in [0.2, 0.25) is 0 Å². The fraction of sp³-hybridized carbons (Fsp3) is 0.111. The van der Waals surface area contributed by atoms with Crippen molar-refractivity contribution in [2.24, 2.45) is 0 Å². The van der Waals surface area contributed by atoms with Crippen LogP contribution in [0.5, 0.6) is 11.5 Å². The first kappa shape index (κ1) is 18.3. The van der Waals surface area contributed by atoms with Crippen molar-refractivity contribution in [1.29, 1.82) is 0 Å². The van der Waals surface area contributed by atoms with Crippen LogP contribution in [-0.2, 0) is 11.3 Å². The van der Waals surface area contributed by atoms with E-state index in [1.807, 2.05) is 0 Å². The third-order valence-electron chi connectivity index (χ3n) is 4.05. The molecule has 0 bridgehead atoms. The first-order chi connectivity index (χ1) is 13.7. The lowest BCUT2D eigenvalue weighted by molar-refractivity contribution is -0.286. The van der Waals surface area contributed by atoms with Crippen molar-refractivity contribution in [3.63, 3.8) is 0 Å². The van der Waals surface area contributed by atoms with Gasteiger partial charge in [0, 0.05) is 17.1 Å². The number of ether oxygens (including phenoxy) is 2. The van der Waals surface area contributed by atoms with Crippen molar-refractivity contribution in [2.75, 3.05) is 5.32 Å². The molecule has 148 valence electrons. The summed E-state index contributed by atoms with van der Waals surface area (Å²) in [6, 6.07) is 9.62. The van der Waals surface area contributed by atoms with Crippen LogP contribution in [0.3, 0.4) is 0 Å². The second-order valence-electron chi connectivity index (χ2n) is 6.04. The molecule has 0 spiro atoms. The minimum atomic E-state index is -3.79. The predicted octanol–water partition coefficient (Wildman–Crippen LogP) is 2.05. The molecule has 0 atom stereocenters. The van der Waals surface area contributed by atoms with Gasteiger partial charge < -0.3 is 19.9 Å². The second kappa shape index (κ2) is 6.55. The molecule has 3 aromatic rings. The molecule has 0 saturated heterocycles. The zero-order valence-electron chi connectivity index (χ0n) is 14.4. The number of anilines is 1.